The van der Waals surface area contributed by atoms with Gasteiger partial charge in [-0.25, -0.2) is 19.6 Å². The summed E-state index contributed by atoms with van der Waals surface area (Å²) in [4.78, 5) is 61.9. The number of hydrogen-bond acceptors (Lipinski definition) is 16. The molecule has 0 spiro atoms. The van der Waals surface area contributed by atoms with Crippen molar-refractivity contribution in [1.82, 2.24) is 75.7 Å². The molecular weight excluding hydrogens is 912 g/mol. The molecule has 6 aromatic rings. The SMILES string of the molecule is CC(C)N1CCNC1=O.CNC(=O)c1nnc(Cl)cc1Nc1cccc(-c2ncn(C)n2)c1OC.CNC(=O)c1nnc(N2CCN(C(C)C)C2=O)cc1Nc1cccc(-c2ncn(C)n2)c1OC. The van der Waals surface area contributed by atoms with Crippen molar-refractivity contribution in [1.29, 1.82) is 0 Å². The maximum atomic E-state index is 12.8. The molecule has 0 aliphatic carbocycles. The van der Waals surface area contributed by atoms with Crippen LogP contribution in [0.1, 0.15) is 48.7 Å². The van der Waals surface area contributed by atoms with E-state index in [-0.39, 0.29) is 34.6 Å². The third kappa shape index (κ3) is 11.7. The number of halogens is 1. The van der Waals surface area contributed by atoms with E-state index in [4.69, 9.17) is 21.1 Å². The van der Waals surface area contributed by atoms with E-state index in [1.165, 1.54) is 20.2 Å². The number of hydrogen-bond donors (Lipinski definition) is 5. The highest BCUT2D eigenvalue weighted by atomic mass is 35.5. The molecule has 2 aliphatic heterocycles. The van der Waals surface area contributed by atoms with E-state index in [0.717, 1.165) is 13.1 Å². The second kappa shape index (κ2) is 22.6. The maximum absolute atomic E-state index is 12.8. The van der Waals surface area contributed by atoms with Crippen molar-refractivity contribution < 1.29 is 28.7 Å². The maximum Gasteiger partial charge on any atom is 0.326 e. The first-order valence-electron chi connectivity index (χ1n) is 21.7. The fraction of sp³-hybridized carbons (Fsp3) is 0.364. The third-order valence-corrected chi connectivity index (χ3v) is 10.7. The van der Waals surface area contributed by atoms with Gasteiger partial charge in [-0.3, -0.25) is 23.9 Å². The lowest BCUT2D eigenvalue weighted by Gasteiger charge is -2.21. The predicted octanol–water partition coefficient (Wildman–Crippen LogP) is 4.49. The Morgan fingerprint density at radius 2 is 1.19 bits per heavy atom. The fourth-order valence-corrected chi connectivity index (χ4v) is 7.29. The van der Waals surface area contributed by atoms with Crippen LogP contribution in [-0.4, -0.2) is 150 Å². The quantitative estimate of drug-likeness (QED) is 0.107. The lowest BCUT2D eigenvalue weighted by atomic mass is 10.1. The molecule has 6 amide bonds. The van der Waals surface area contributed by atoms with Gasteiger partial charge in [0.05, 0.1) is 48.1 Å². The number of anilines is 5. The molecule has 4 aromatic heterocycles. The van der Waals surface area contributed by atoms with Gasteiger partial charge in [-0.1, -0.05) is 23.7 Å². The summed E-state index contributed by atoms with van der Waals surface area (Å²) in [6.45, 7) is 10.7. The van der Waals surface area contributed by atoms with Crippen LogP contribution in [0.4, 0.5) is 38.2 Å². The second-order valence-corrected chi connectivity index (χ2v) is 16.2. The summed E-state index contributed by atoms with van der Waals surface area (Å²) in [5.41, 5.74) is 3.53. The van der Waals surface area contributed by atoms with Crippen molar-refractivity contribution in [3.63, 3.8) is 0 Å². The minimum atomic E-state index is -0.417. The average molecular weight is 967 g/mol. The first kappa shape index (κ1) is 50.3. The molecule has 0 saturated carbocycles. The Hall–Kier alpha value is -8.15. The van der Waals surface area contributed by atoms with Gasteiger partial charge >= 0.3 is 12.1 Å². The normalized spacial score (nSPS) is 13.1. The van der Waals surface area contributed by atoms with Gasteiger partial charge in [0.1, 0.15) is 12.7 Å². The van der Waals surface area contributed by atoms with Gasteiger partial charge in [0.15, 0.2) is 45.5 Å². The van der Waals surface area contributed by atoms with Gasteiger partial charge in [0.2, 0.25) is 0 Å². The smallest absolute Gasteiger partial charge is 0.326 e. The highest BCUT2D eigenvalue weighted by molar-refractivity contribution is 6.29. The van der Waals surface area contributed by atoms with Gasteiger partial charge in [0, 0.05) is 78.6 Å². The van der Waals surface area contributed by atoms with Crippen LogP contribution in [0, 0.1) is 0 Å². The van der Waals surface area contributed by atoms with E-state index in [2.05, 4.69) is 67.1 Å². The molecule has 25 heteroatoms. The van der Waals surface area contributed by atoms with E-state index in [0.29, 0.717) is 82.0 Å². The zero-order valence-electron chi connectivity index (χ0n) is 39.9. The number of methoxy groups -OCH3 is 2. The number of urea groups is 2. The van der Waals surface area contributed by atoms with E-state index in [9.17, 15) is 19.2 Å². The monoisotopic (exact) mass is 966 g/mol. The zero-order valence-corrected chi connectivity index (χ0v) is 40.7. The van der Waals surface area contributed by atoms with Crippen molar-refractivity contribution in [2.45, 2.75) is 39.8 Å². The average Bonchev–Trinajstić information content (AvgIpc) is 4.17. The van der Waals surface area contributed by atoms with Crippen LogP contribution in [0.2, 0.25) is 5.15 Å². The number of aromatic nitrogens is 10. The van der Waals surface area contributed by atoms with Crippen LogP contribution in [-0.2, 0) is 14.1 Å². The molecule has 364 valence electrons. The molecular formula is C44H55ClN18O6. The lowest BCUT2D eigenvalue weighted by Crippen LogP contribution is -2.36. The standard InChI is InChI=1S/C22H27N9O3.C16H16ClN7O2.C6H12N2O/c1-13(2)30-9-10-31(22(30)33)17-11-16(18(27-26-17)21(32)23-3)25-15-8-6-7-14(19(15)34-5)20-24-12-29(4)28-20;1-18-16(25)13-11(7-12(17)21-22-13)20-10-6-4-5-9(14(10)26-3)15-19-8-24(2)23-15;1-5(2)8-4-3-7-6(8)9/h6-8,11-13H,9-10H2,1-5H3,(H,23,32)(H,25,26);4-8H,1-3H3,(H,18,25)(H,20,21);5H,3-4H2,1-2H3,(H,7,9). The molecule has 2 aliphatic rings. The molecule has 6 heterocycles. The van der Waals surface area contributed by atoms with Crippen LogP contribution in [0.15, 0.2) is 61.2 Å². The number of ether oxygens (including phenoxy) is 2. The van der Waals surface area contributed by atoms with Crippen molar-refractivity contribution in [3.05, 3.63) is 77.7 Å². The van der Waals surface area contributed by atoms with Gasteiger partial charge < -0.3 is 45.9 Å². The Bertz CT molecular complexity index is 2800. The number of nitrogens with one attached hydrogen (secondary N) is 5. The lowest BCUT2D eigenvalue weighted by molar-refractivity contribution is 0.0950. The van der Waals surface area contributed by atoms with Crippen molar-refractivity contribution in [2.24, 2.45) is 14.1 Å². The number of benzene rings is 2. The Morgan fingerprint density at radius 1 is 0.681 bits per heavy atom. The summed E-state index contributed by atoms with van der Waals surface area (Å²) in [6, 6.07) is 14.4. The van der Waals surface area contributed by atoms with Gasteiger partial charge in [-0.05, 0) is 52.0 Å². The van der Waals surface area contributed by atoms with Crippen molar-refractivity contribution >= 4 is 64.0 Å². The molecule has 2 saturated heterocycles. The number of nitrogens with zero attached hydrogens (tertiary/aromatic N) is 13. The van der Waals surface area contributed by atoms with Crippen molar-refractivity contribution in [3.8, 4) is 34.3 Å². The highest BCUT2D eigenvalue weighted by Gasteiger charge is 2.33. The number of aryl methyl sites for hydroxylation is 2. The number of para-hydroxylation sites is 2. The number of rotatable bonds is 13. The number of carbonyl (C=O) groups is 4. The first-order valence-corrected chi connectivity index (χ1v) is 22.0. The molecule has 8 rings (SSSR count). The minimum Gasteiger partial charge on any atom is -0.494 e. The molecule has 69 heavy (non-hydrogen) atoms. The summed E-state index contributed by atoms with van der Waals surface area (Å²) in [7, 11) is 9.68. The molecule has 5 N–H and O–H groups in total. The Labute approximate surface area is 403 Å². The van der Waals surface area contributed by atoms with Crippen LogP contribution in [0.25, 0.3) is 22.8 Å². The Balaban J connectivity index is 0.000000196. The van der Waals surface area contributed by atoms with Crippen LogP contribution in [0.3, 0.4) is 0 Å². The Kier molecular flexibility index (Phi) is 16.4. The fourth-order valence-electron chi connectivity index (χ4n) is 7.15. The Morgan fingerprint density at radius 3 is 1.59 bits per heavy atom. The summed E-state index contributed by atoms with van der Waals surface area (Å²) in [5.74, 6) is 1.58. The van der Waals surface area contributed by atoms with E-state index >= 15 is 0 Å². The van der Waals surface area contributed by atoms with Crippen LogP contribution >= 0.6 is 11.6 Å². The minimum absolute atomic E-state index is 0.0698. The summed E-state index contributed by atoms with van der Waals surface area (Å²) < 4.78 is 14.4. The molecule has 2 fully saturated rings. The molecule has 0 unspecified atom stereocenters. The molecule has 2 aromatic carbocycles. The molecule has 0 bridgehead atoms. The van der Waals surface area contributed by atoms with E-state index in [1.807, 2.05) is 56.9 Å². The molecule has 0 atom stereocenters. The molecule has 24 nitrogen and oxygen atoms in total. The summed E-state index contributed by atoms with van der Waals surface area (Å²) in [6.07, 6.45) is 3.20. The summed E-state index contributed by atoms with van der Waals surface area (Å²) in [5, 5.41) is 38.9. The number of amides is 6. The summed E-state index contributed by atoms with van der Waals surface area (Å²) >= 11 is 5.94. The predicted molar refractivity (Wildman–Crippen MR) is 258 cm³/mol. The molecule has 0 radical (unpaired) electrons. The van der Waals surface area contributed by atoms with Crippen LogP contribution < -0.4 is 41.0 Å². The van der Waals surface area contributed by atoms with E-state index < -0.39 is 11.8 Å². The van der Waals surface area contributed by atoms with Crippen LogP contribution in [0.5, 0.6) is 11.5 Å². The van der Waals surface area contributed by atoms with Gasteiger partial charge in [0.25, 0.3) is 11.8 Å². The van der Waals surface area contributed by atoms with Gasteiger partial charge in [-0.2, -0.15) is 10.2 Å². The largest absolute Gasteiger partial charge is 0.494 e. The van der Waals surface area contributed by atoms with Crippen molar-refractivity contribution in [2.75, 3.05) is 70.0 Å². The second-order valence-electron chi connectivity index (χ2n) is 15.8. The zero-order chi connectivity index (χ0) is 49.9. The number of carbonyl (C=O) groups excluding carboxylic acids is 4. The topological polar surface area (TPSA) is 270 Å². The van der Waals surface area contributed by atoms with E-state index in [1.54, 1.807) is 78.3 Å². The third-order valence-electron chi connectivity index (χ3n) is 10.5. The highest BCUT2D eigenvalue weighted by Crippen LogP contribution is 2.39. The van der Waals surface area contributed by atoms with Gasteiger partial charge in [-0.15, -0.1) is 20.4 Å². The first-order chi connectivity index (χ1) is 33.1.